The first-order valence-electron chi connectivity index (χ1n) is 4.28. The van der Waals surface area contributed by atoms with Gasteiger partial charge < -0.3 is 9.72 Å². The van der Waals surface area contributed by atoms with E-state index in [-0.39, 0.29) is 0 Å². The molecule has 0 saturated carbocycles. The molecule has 2 nitrogen and oxygen atoms in total. The number of rotatable bonds is 2. The van der Waals surface area contributed by atoms with Gasteiger partial charge in [-0.15, -0.1) is 0 Å². The maximum absolute atomic E-state index is 5.30. The largest absolute Gasteiger partial charge is 0.496 e. The molecule has 0 amide bonds. The van der Waals surface area contributed by atoms with Crippen LogP contribution in [0.4, 0.5) is 0 Å². The summed E-state index contributed by atoms with van der Waals surface area (Å²) in [7, 11) is 1.67. The van der Waals surface area contributed by atoms with E-state index in [1.807, 2.05) is 36.5 Å². The van der Waals surface area contributed by atoms with Crippen molar-refractivity contribution in [1.82, 2.24) is 4.98 Å². The van der Waals surface area contributed by atoms with Gasteiger partial charge in [0.15, 0.2) is 0 Å². The van der Waals surface area contributed by atoms with Gasteiger partial charge in [0.1, 0.15) is 5.75 Å². The molecule has 2 aromatic rings. The Morgan fingerprint density at radius 2 is 2.14 bits per heavy atom. The highest BCUT2D eigenvalue weighted by molar-refractivity contribution is 9.10. The van der Waals surface area contributed by atoms with Gasteiger partial charge in [0.05, 0.1) is 7.11 Å². The smallest absolute Gasteiger partial charge is 0.129 e. The second-order valence-electron chi connectivity index (χ2n) is 2.93. The van der Waals surface area contributed by atoms with Gasteiger partial charge in [-0.05, 0) is 30.3 Å². The third-order valence-corrected chi connectivity index (χ3v) is 2.54. The summed E-state index contributed by atoms with van der Waals surface area (Å²) in [4.78, 5) is 3.15. The van der Waals surface area contributed by atoms with Crippen LogP contribution in [0, 0.1) is 0 Å². The van der Waals surface area contributed by atoms with E-state index in [9.17, 15) is 0 Å². The van der Waals surface area contributed by atoms with Gasteiger partial charge in [0.25, 0.3) is 0 Å². The van der Waals surface area contributed by atoms with Gasteiger partial charge in [0, 0.05) is 21.9 Å². The van der Waals surface area contributed by atoms with Crippen molar-refractivity contribution in [2.45, 2.75) is 0 Å². The molecule has 1 aromatic heterocycles. The van der Waals surface area contributed by atoms with E-state index < -0.39 is 0 Å². The Labute approximate surface area is 91.0 Å². The van der Waals surface area contributed by atoms with Gasteiger partial charge in [-0.2, -0.15) is 0 Å². The number of halogens is 1. The summed E-state index contributed by atoms with van der Waals surface area (Å²) < 4.78 is 6.32. The van der Waals surface area contributed by atoms with Crippen LogP contribution in [0.25, 0.3) is 11.3 Å². The van der Waals surface area contributed by atoms with Crippen molar-refractivity contribution in [2.75, 3.05) is 7.11 Å². The molecule has 0 spiro atoms. The van der Waals surface area contributed by atoms with Crippen molar-refractivity contribution in [2.24, 2.45) is 0 Å². The zero-order valence-corrected chi connectivity index (χ0v) is 9.34. The molecule has 0 aliphatic heterocycles. The first kappa shape index (κ1) is 9.34. The Morgan fingerprint density at radius 3 is 2.79 bits per heavy atom. The van der Waals surface area contributed by atoms with E-state index in [1.165, 1.54) is 0 Å². The van der Waals surface area contributed by atoms with Crippen LogP contribution in [0.1, 0.15) is 0 Å². The number of methoxy groups -OCH3 is 1. The fraction of sp³-hybridized carbons (Fsp3) is 0.0909. The zero-order valence-electron chi connectivity index (χ0n) is 7.75. The van der Waals surface area contributed by atoms with E-state index in [0.717, 1.165) is 21.5 Å². The van der Waals surface area contributed by atoms with Crippen LogP contribution in [0.3, 0.4) is 0 Å². The normalized spacial score (nSPS) is 10.1. The molecule has 72 valence electrons. The van der Waals surface area contributed by atoms with Crippen molar-refractivity contribution in [3.8, 4) is 17.0 Å². The van der Waals surface area contributed by atoms with Gasteiger partial charge in [0.2, 0.25) is 0 Å². The fourth-order valence-corrected chi connectivity index (χ4v) is 1.73. The SMILES string of the molecule is COc1cc(Br)ccc1-c1ccc[nH]1. The van der Waals surface area contributed by atoms with Crippen molar-refractivity contribution >= 4 is 15.9 Å². The summed E-state index contributed by atoms with van der Waals surface area (Å²) in [5, 5.41) is 0. The third kappa shape index (κ3) is 1.68. The van der Waals surface area contributed by atoms with E-state index in [1.54, 1.807) is 7.11 Å². The maximum Gasteiger partial charge on any atom is 0.129 e. The molecule has 14 heavy (non-hydrogen) atoms. The number of ether oxygens (including phenoxy) is 1. The number of hydrogen-bond donors (Lipinski definition) is 1. The van der Waals surface area contributed by atoms with Crippen LogP contribution < -0.4 is 4.74 Å². The van der Waals surface area contributed by atoms with Gasteiger partial charge in [-0.1, -0.05) is 15.9 Å². The van der Waals surface area contributed by atoms with Crippen LogP contribution in [0.2, 0.25) is 0 Å². The first-order valence-corrected chi connectivity index (χ1v) is 5.08. The van der Waals surface area contributed by atoms with Crippen molar-refractivity contribution in [3.63, 3.8) is 0 Å². The van der Waals surface area contributed by atoms with Gasteiger partial charge in [-0.25, -0.2) is 0 Å². The highest BCUT2D eigenvalue weighted by Crippen LogP contribution is 2.31. The lowest BCUT2D eigenvalue weighted by Gasteiger charge is -2.06. The fourth-order valence-electron chi connectivity index (χ4n) is 1.39. The van der Waals surface area contributed by atoms with Crippen LogP contribution in [-0.4, -0.2) is 12.1 Å². The lowest BCUT2D eigenvalue weighted by atomic mass is 10.1. The summed E-state index contributed by atoms with van der Waals surface area (Å²) in [6.07, 6.45) is 1.90. The number of H-pyrrole nitrogens is 1. The van der Waals surface area contributed by atoms with Crippen LogP contribution in [-0.2, 0) is 0 Å². The molecule has 2 rings (SSSR count). The molecular formula is C11H10BrNO. The molecule has 0 saturated heterocycles. The summed E-state index contributed by atoms with van der Waals surface area (Å²) >= 11 is 3.41. The number of nitrogens with one attached hydrogen (secondary N) is 1. The highest BCUT2D eigenvalue weighted by Gasteiger charge is 2.05. The Hall–Kier alpha value is -1.22. The summed E-state index contributed by atoms with van der Waals surface area (Å²) in [5.41, 5.74) is 2.13. The van der Waals surface area contributed by atoms with E-state index in [0.29, 0.717) is 0 Å². The standard InChI is InChI=1S/C11H10BrNO/c1-14-11-7-8(12)4-5-9(11)10-3-2-6-13-10/h2-7,13H,1H3. The van der Waals surface area contributed by atoms with Gasteiger partial charge >= 0.3 is 0 Å². The molecule has 0 aliphatic rings. The zero-order chi connectivity index (χ0) is 9.97. The Bertz CT molecular complexity index is 423. The van der Waals surface area contributed by atoms with Crippen LogP contribution >= 0.6 is 15.9 Å². The van der Waals surface area contributed by atoms with Crippen molar-refractivity contribution < 1.29 is 4.74 Å². The van der Waals surface area contributed by atoms with E-state index in [2.05, 4.69) is 20.9 Å². The summed E-state index contributed by atoms with van der Waals surface area (Å²) in [6, 6.07) is 9.96. The lowest BCUT2D eigenvalue weighted by Crippen LogP contribution is -1.87. The monoisotopic (exact) mass is 251 g/mol. The molecule has 0 atom stereocenters. The number of hydrogen-bond acceptors (Lipinski definition) is 1. The lowest BCUT2D eigenvalue weighted by molar-refractivity contribution is 0.416. The number of aromatic amines is 1. The van der Waals surface area contributed by atoms with Gasteiger partial charge in [-0.3, -0.25) is 0 Å². The molecule has 0 bridgehead atoms. The quantitative estimate of drug-likeness (QED) is 0.869. The van der Waals surface area contributed by atoms with Crippen LogP contribution in [0.5, 0.6) is 5.75 Å². The molecule has 1 aromatic carbocycles. The molecule has 0 aliphatic carbocycles. The number of benzene rings is 1. The predicted molar refractivity (Wildman–Crippen MR) is 60.5 cm³/mol. The first-order chi connectivity index (χ1) is 6.81. The third-order valence-electron chi connectivity index (χ3n) is 2.05. The summed E-state index contributed by atoms with van der Waals surface area (Å²) in [5.74, 6) is 0.863. The van der Waals surface area contributed by atoms with Crippen LogP contribution in [0.15, 0.2) is 41.0 Å². The Balaban J connectivity index is 2.53. The molecule has 0 unspecified atom stereocenters. The summed E-state index contributed by atoms with van der Waals surface area (Å²) in [6.45, 7) is 0. The molecular weight excluding hydrogens is 242 g/mol. The minimum absolute atomic E-state index is 0.863. The Morgan fingerprint density at radius 1 is 1.29 bits per heavy atom. The van der Waals surface area contributed by atoms with Crippen molar-refractivity contribution in [1.29, 1.82) is 0 Å². The van der Waals surface area contributed by atoms with Crippen molar-refractivity contribution in [3.05, 3.63) is 41.0 Å². The van der Waals surface area contributed by atoms with E-state index in [4.69, 9.17) is 4.74 Å². The molecule has 1 N–H and O–H groups in total. The second kappa shape index (κ2) is 3.88. The topological polar surface area (TPSA) is 25.0 Å². The minimum atomic E-state index is 0.863. The average molecular weight is 252 g/mol. The maximum atomic E-state index is 5.30. The molecule has 0 fully saturated rings. The molecule has 0 radical (unpaired) electrons. The average Bonchev–Trinajstić information content (AvgIpc) is 2.70. The number of aromatic nitrogens is 1. The molecule has 3 heteroatoms. The minimum Gasteiger partial charge on any atom is -0.496 e. The molecule has 1 heterocycles. The van der Waals surface area contributed by atoms with E-state index >= 15 is 0 Å². The second-order valence-corrected chi connectivity index (χ2v) is 3.84. The Kier molecular flexibility index (Phi) is 2.59. The highest BCUT2D eigenvalue weighted by atomic mass is 79.9. The predicted octanol–water partition coefficient (Wildman–Crippen LogP) is 3.45.